The highest BCUT2D eigenvalue weighted by atomic mass is 79.9. The van der Waals surface area contributed by atoms with Crippen molar-refractivity contribution in [2.45, 2.75) is 38.0 Å². The number of carbonyl (C=O) groups excluding carboxylic acids is 1. The van der Waals surface area contributed by atoms with Crippen LogP contribution in [-0.4, -0.2) is 5.91 Å². The first-order valence-electron chi connectivity index (χ1n) is 6.85. The van der Waals surface area contributed by atoms with E-state index in [4.69, 9.17) is 0 Å². The zero-order valence-corrected chi connectivity index (χ0v) is 14.2. The van der Waals surface area contributed by atoms with Gasteiger partial charge in [0.15, 0.2) is 0 Å². The van der Waals surface area contributed by atoms with Gasteiger partial charge in [-0.25, -0.2) is 0 Å². The highest BCUT2D eigenvalue weighted by molar-refractivity contribution is 9.10. The van der Waals surface area contributed by atoms with Gasteiger partial charge in [0, 0.05) is 21.0 Å². The van der Waals surface area contributed by atoms with Crippen molar-refractivity contribution in [3.05, 3.63) is 37.1 Å². The molecule has 3 rings (SSSR count). The van der Waals surface area contributed by atoms with Crippen molar-refractivity contribution in [3.63, 3.8) is 0 Å². The van der Waals surface area contributed by atoms with Gasteiger partial charge in [0.1, 0.15) is 0 Å². The maximum atomic E-state index is 12.2. The lowest BCUT2D eigenvalue weighted by Crippen LogP contribution is -2.10. The first kappa shape index (κ1) is 14.3. The third-order valence-corrected chi connectivity index (χ3v) is 6.55. The van der Waals surface area contributed by atoms with E-state index >= 15 is 0 Å². The van der Waals surface area contributed by atoms with Crippen LogP contribution in [0.25, 0.3) is 0 Å². The van der Waals surface area contributed by atoms with Crippen molar-refractivity contribution in [3.8, 4) is 0 Å². The molecule has 1 amide bonds. The van der Waals surface area contributed by atoms with Gasteiger partial charge in [0.2, 0.25) is 0 Å². The third kappa shape index (κ3) is 3.15. The fraction of sp³-hybridized carbons (Fsp3) is 0.400. The third-order valence-electron chi connectivity index (χ3n) is 3.75. The van der Waals surface area contributed by atoms with Gasteiger partial charge in [-0.1, -0.05) is 19.3 Å². The van der Waals surface area contributed by atoms with E-state index in [1.54, 1.807) is 22.7 Å². The van der Waals surface area contributed by atoms with E-state index in [0.717, 1.165) is 15.7 Å². The molecule has 1 N–H and O–H groups in total. The normalized spacial score (nSPS) is 16.2. The Bertz CT molecular complexity index is 599. The van der Waals surface area contributed by atoms with Crippen molar-refractivity contribution in [1.82, 2.24) is 0 Å². The van der Waals surface area contributed by atoms with Crippen LogP contribution in [-0.2, 0) is 0 Å². The van der Waals surface area contributed by atoms with Gasteiger partial charge in [-0.2, -0.15) is 0 Å². The van der Waals surface area contributed by atoms with E-state index in [9.17, 15) is 4.79 Å². The lowest BCUT2D eigenvalue weighted by Gasteiger charge is -2.19. The van der Waals surface area contributed by atoms with E-state index in [1.807, 2.05) is 16.1 Å². The second kappa shape index (κ2) is 6.41. The van der Waals surface area contributed by atoms with Crippen LogP contribution in [0.1, 0.15) is 53.3 Å². The van der Waals surface area contributed by atoms with E-state index < -0.39 is 0 Å². The van der Waals surface area contributed by atoms with Crippen molar-refractivity contribution in [1.29, 1.82) is 0 Å². The Balaban J connectivity index is 1.69. The number of thiophene rings is 2. The number of carbonyl (C=O) groups is 1. The van der Waals surface area contributed by atoms with Crippen LogP contribution in [0.15, 0.2) is 26.7 Å². The highest BCUT2D eigenvalue weighted by Gasteiger charge is 2.19. The molecule has 0 aliphatic heterocycles. The molecule has 0 radical (unpaired) electrons. The average molecular weight is 370 g/mol. The molecule has 1 aliphatic rings. The lowest BCUT2D eigenvalue weighted by molar-refractivity contribution is 0.102. The molecule has 0 unspecified atom stereocenters. The molecule has 0 spiro atoms. The van der Waals surface area contributed by atoms with Crippen LogP contribution >= 0.6 is 38.6 Å². The molecule has 20 heavy (non-hydrogen) atoms. The predicted octanol–water partition coefficient (Wildman–Crippen LogP) is 5.87. The second-order valence-electron chi connectivity index (χ2n) is 5.16. The lowest BCUT2D eigenvalue weighted by atomic mass is 9.88. The maximum absolute atomic E-state index is 12.2. The van der Waals surface area contributed by atoms with Crippen LogP contribution in [0.5, 0.6) is 0 Å². The van der Waals surface area contributed by atoms with Gasteiger partial charge in [-0.15, -0.1) is 22.7 Å². The SMILES string of the molecule is O=C(Nc1cscc1Br)c1csc(C2CCCCC2)c1. The fourth-order valence-electron chi connectivity index (χ4n) is 2.64. The van der Waals surface area contributed by atoms with Gasteiger partial charge < -0.3 is 5.32 Å². The summed E-state index contributed by atoms with van der Waals surface area (Å²) in [7, 11) is 0. The molecule has 2 aromatic heterocycles. The van der Waals surface area contributed by atoms with Crippen molar-refractivity contribution < 1.29 is 4.79 Å². The first-order valence-corrected chi connectivity index (χ1v) is 9.47. The number of anilines is 1. The molecule has 0 atom stereocenters. The van der Waals surface area contributed by atoms with E-state index in [1.165, 1.54) is 37.0 Å². The molecule has 5 heteroatoms. The summed E-state index contributed by atoms with van der Waals surface area (Å²) in [5.74, 6) is 0.658. The molecule has 2 nitrogen and oxygen atoms in total. The van der Waals surface area contributed by atoms with Crippen molar-refractivity contribution in [2.75, 3.05) is 5.32 Å². The Kier molecular flexibility index (Phi) is 4.58. The first-order chi connectivity index (χ1) is 9.74. The maximum Gasteiger partial charge on any atom is 0.256 e. The molecule has 0 bridgehead atoms. The minimum absolute atomic E-state index is 0.0117. The van der Waals surface area contributed by atoms with E-state index in [2.05, 4.69) is 27.3 Å². The largest absolute Gasteiger partial charge is 0.320 e. The minimum Gasteiger partial charge on any atom is -0.320 e. The number of rotatable bonds is 3. The summed E-state index contributed by atoms with van der Waals surface area (Å²) in [5, 5.41) is 8.85. The summed E-state index contributed by atoms with van der Waals surface area (Å²) in [5.41, 5.74) is 1.64. The van der Waals surface area contributed by atoms with Crippen molar-refractivity contribution >= 4 is 50.2 Å². The number of amides is 1. The number of halogens is 1. The van der Waals surface area contributed by atoms with Gasteiger partial charge in [-0.3, -0.25) is 4.79 Å². The van der Waals surface area contributed by atoms with Gasteiger partial charge >= 0.3 is 0 Å². The molecular formula is C15H16BrNOS2. The Labute approximate surface area is 135 Å². The Morgan fingerprint density at radius 2 is 2.00 bits per heavy atom. The molecule has 1 saturated carbocycles. The quantitative estimate of drug-likeness (QED) is 0.719. The minimum atomic E-state index is -0.0117. The molecule has 1 aliphatic carbocycles. The zero-order valence-electron chi connectivity index (χ0n) is 11.0. The molecule has 0 aromatic carbocycles. The van der Waals surface area contributed by atoms with Gasteiger partial charge in [0.05, 0.1) is 15.7 Å². The second-order valence-corrected chi connectivity index (χ2v) is 7.70. The summed E-state index contributed by atoms with van der Waals surface area (Å²) in [6.45, 7) is 0. The summed E-state index contributed by atoms with van der Waals surface area (Å²) in [6.07, 6.45) is 6.56. The summed E-state index contributed by atoms with van der Waals surface area (Å²) in [6, 6.07) is 2.08. The monoisotopic (exact) mass is 369 g/mol. The van der Waals surface area contributed by atoms with Crippen LogP contribution in [0.4, 0.5) is 5.69 Å². The molecule has 2 heterocycles. The summed E-state index contributed by atoms with van der Waals surface area (Å²) >= 11 is 6.74. The van der Waals surface area contributed by atoms with Crippen LogP contribution in [0.3, 0.4) is 0 Å². The van der Waals surface area contributed by atoms with Crippen LogP contribution in [0, 0.1) is 0 Å². The van der Waals surface area contributed by atoms with Gasteiger partial charge in [0.25, 0.3) is 5.91 Å². The van der Waals surface area contributed by atoms with E-state index in [0.29, 0.717) is 5.92 Å². The standard InChI is InChI=1S/C15H16BrNOS2/c16-12-8-19-9-13(12)17-15(18)11-6-14(20-7-11)10-4-2-1-3-5-10/h6-10H,1-5H2,(H,17,18). The molecule has 106 valence electrons. The number of nitrogens with one attached hydrogen (secondary N) is 1. The Morgan fingerprint density at radius 3 is 2.70 bits per heavy atom. The predicted molar refractivity (Wildman–Crippen MR) is 90.1 cm³/mol. The zero-order chi connectivity index (χ0) is 13.9. The fourth-order valence-corrected chi connectivity index (χ4v) is 5.02. The highest BCUT2D eigenvalue weighted by Crippen LogP contribution is 2.36. The molecule has 1 fully saturated rings. The smallest absolute Gasteiger partial charge is 0.256 e. The van der Waals surface area contributed by atoms with Crippen LogP contribution < -0.4 is 5.32 Å². The number of hydrogen-bond donors (Lipinski definition) is 1. The average Bonchev–Trinajstić information content (AvgIpc) is 3.10. The molecule has 2 aromatic rings. The van der Waals surface area contributed by atoms with Crippen LogP contribution in [0.2, 0.25) is 0 Å². The summed E-state index contributed by atoms with van der Waals surface area (Å²) in [4.78, 5) is 13.6. The Hall–Kier alpha value is -0.650. The van der Waals surface area contributed by atoms with Crippen molar-refractivity contribution in [2.24, 2.45) is 0 Å². The topological polar surface area (TPSA) is 29.1 Å². The molecular weight excluding hydrogens is 354 g/mol. The summed E-state index contributed by atoms with van der Waals surface area (Å²) < 4.78 is 0.943. The van der Waals surface area contributed by atoms with E-state index in [-0.39, 0.29) is 5.91 Å². The molecule has 0 saturated heterocycles. The van der Waals surface area contributed by atoms with Gasteiger partial charge in [-0.05, 0) is 40.8 Å². The number of hydrogen-bond acceptors (Lipinski definition) is 3. The Morgan fingerprint density at radius 1 is 1.20 bits per heavy atom.